The summed E-state index contributed by atoms with van der Waals surface area (Å²) < 4.78 is 13.7. The van der Waals surface area contributed by atoms with Gasteiger partial charge in [-0.05, 0) is 86.6 Å². The summed E-state index contributed by atoms with van der Waals surface area (Å²) >= 11 is 0. The predicted molar refractivity (Wildman–Crippen MR) is 149 cm³/mol. The highest BCUT2D eigenvalue weighted by Crippen LogP contribution is 2.46. The van der Waals surface area contributed by atoms with Crippen LogP contribution in [0.25, 0.3) is 0 Å². The number of aliphatic imine (C=N–C) groups is 1. The summed E-state index contributed by atoms with van der Waals surface area (Å²) in [6.07, 6.45) is 10.1. The minimum absolute atomic E-state index is 0.0895. The van der Waals surface area contributed by atoms with Gasteiger partial charge in [0.1, 0.15) is 17.2 Å². The molecule has 1 aromatic rings. The summed E-state index contributed by atoms with van der Waals surface area (Å²) in [4.78, 5) is 44.6. The molecule has 2 N–H and O–H groups in total. The molecule has 7 nitrogen and oxygen atoms in total. The lowest BCUT2D eigenvalue weighted by molar-refractivity contribution is -0.137. The number of nitrogens with zero attached hydrogens (tertiary/aromatic N) is 2. The number of carboxylic acids is 1. The third-order valence-electron chi connectivity index (χ3n) is 8.48. The SMILES string of the molecule is CCCC(C1=CC=C(C(=O)NCCC(=O)O)CC1)N1C(=O)C(c2ccc(F)cc2)=NC12CCC(C(C)C)CC2. The van der Waals surface area contributed by atoms with Crippen molar-refractivity contribution >= 4 is 23.5 Å². The third-order valence-corrected chi connectivity index (χ3v) is 8.48. The Labute approximate surface area is 230 Å². The number of carboxylic acid groups (broad SMARTS) is 1. The van der Waals surface area contributed by atoms with Crippen LogP contribution in [0.15, 0.2) is 52.6 Å². The average Bonchev–Trinajstić information content (AvgIpc) is 3.18. The van der Waals surface area contributed by atoms with E-state index in [1.807, 2.05) is 17.1 Å². The zero-order valence-corrected chi connectivity index (χ0v) is 23.2. The summed E-state index contributed by atoms with van der Waals surface area (Å²) in [5.41, 5.74) is 2.15. The number of carbonyl (C=O) groups is 3. The molecule has 0 saturated heterocycles. The number of allylic oxidation sites excluding steroid dienone is 2. The first-order valence-corrected chi connectivity index (χ1v) is 14.2. The molecule has 1 fully saturated rings. The molecular formula is C31H40FN3O4. The molecule has 0 radical (unpaired) electrons. The van der Waals surface area contributed by atoms with Gasteiger partial charge in [-0.2, -0.15) is 0 Å². The number of hydrogen-bond donors (Lipinski definition) is 2. The van der Waals surface area contributed by atoms with Crippen molar-refractivity contribution in [3.05, 3.63) is 58.9 Å². The molecule has 8 heteroatoms. The van der Waals surface area contributed by atoms with Crippen LogP contribution in [0.1, 0.15) is 84.1 Å². The first-order valence-electron chi connectivity index (χ1n) is 14.2. The summed E-state index contributed by atoms with van der Waals surface area (Å²) in [5.74, 6) is -0.482. The van der Waals surface area contributed by atoms with Gasteiger partial charge in [0.2, 0.25) is 5.91 Å². The van der Waals surface area contributed by atoms with Gasteiger partial charge in [0.05, 0.1) is 12.5 Å². The quantitative estimate of drug-likeness (QED) is 0.417. The van der Waals surface area contributed by atoms with Crippen LogP contribution >= 0.6 is 0 Å². The van der Waals surface area contributed by atoms with E-state index in [-0.39, 0.29) is 36.6 Å². The van der Waals surface area contributed by atoms with Crippen molar-refractivity contribution in [1.82, 2.24) is 10.2 Å². The van der Waals surface area contributed by atoms with Crippen molar-refractivity contribution in [3.8, 4) is 0 Å². The zero-order chi connectivity index (χ0) is 28.2. The van der Waals surface area contributed by atoms with Crippen LogP contribution in [0.3, 0.4) is 0 Å². The smallest absolute Gasteiger partial charge is 0.305 e. The van der Waals surface area contributed by atoms with Gasteiger partial charge in [0.25, 0.3) is 5.91 Å². The molecule has 1 heterocycles. The second-order valence-electron chi connectivity index (χ2n) is 11.3. The number of amides is 2. The number of carbonyl (C=O) groups excluding carboxylic acids is 2. The van der Waals surface area contributed by atoms with Crippen molar-refractivity contribution in [1.29, 1.82) is 0 Å². The molecule has 4 rings (SSSR count). The summed E-state index contributed by atoms with van der Waals surface area (Å²) in [5, 5.41) is 11.5. The van der Waals surface area contributed by atoms with Crippen molar-refractivity contribution < 1.29 is 23.9 Å². The van der Waals surface area contributed by atoms with Crippen LogP contribution in [0, 0.1) is 17.7 Å². The molecule has 0 bridgehead atoms. The number of nitrogens with one attached hydrogen (secondary N) is 1. The topological polar surface area (TPSA) is 99.1 Å². The van der Waals surface area contributed by atoms with Gasteiger partial charge in [-0.15, -0.1) is 0 Å². The largest absolute Gasteiger partial charge is 0.481 e. The molecule has 0 aromatic heterocycles. The Balaban J connectivity index is 1.64. The second-order valence-corrected chi connectivity index (χ2v) is 11.3. The number of halogens is 1. The minimum Gasteiger partial charge on any atom is -0.481 e. The van der Waals surface area contributed by atoms with Crippen LogP contribution in [0.5, 0.6) is 0 Å². The van der Waals surface area contributed by atoms with Gasteiger partial charge in [-0.25, -0.2) is 4.39 Å². The fraction of sp³-hybridized carbons (Fsp3) is 0.548. The van der Waals surface area contributed by atoms with E-state index < -0.39 is 11.6 Å². The summed E-state index contributed by atoms with van der Waals surface area (Å²) in [6, 6.07) is 5.87. The van der Waals surface area contributed by atoms with Crippen molar-refractivity contribution in [2.24, 2.45) is 16.8 Å². The lowest BCUT2D eigenvalue weighted by atomic mass is 9.75. The van der Waals surface area contributed by atoms with Gasteiger partial charge < -0.3 is 15.3 Å². The van der Waals surface area contributed by atoms with Crippen LogP contribution in [0.2, 0.25) is 0 Å². The lowest BCUT2D eigenvalue weighted by Gasteiger charge is -2.46. The molecule has 3 aliphatic rings. The van der Waals surface area contributed by atoms with Crippen LogP contribution < -0.4 is 5.32 Å². The fourth-order valence-electron chi connectivity index (χ4n) is 6.23. The van der Waals surface area contributed by atoms with Crippen molar-refractivity contribution in [2.75, 3.05) is 6.54 Å². The lowest BCUT2D eigenvalue weighted by Crippen LogP contribution is -2.55. The number of hydrogen-bond acceptors (Lipinski definition) is 4. The van der Waals surface area contributed by atoms with Crippen LogP contribution in [-0.2, 0) is 14.4 Å². The van der Waals surface area contributed by atoms with Crippen LogP contribution in [-0.4, -0.2) is 51.8 Å². The first kappa shape index (κ1) is 28.7. The Morgan fingerprint density at radius 1 is 1.15 bits per heavy atom. The third kappa shape index (κ3) is 6.31. The van der Waals surface area contributed by atoms with E-state index in [0.717, 1.165) is 44.1 Å². The summed E-state index contributed by atoms with van der Waals surface area (Å²) in [7, 11) is 0. The maximum absolute atomic E-state index is 14.1. The maximum atomic E-state index is 14.1. The second kappa shape index (κ2) is 12.3. The molecule has 1 unspecified atom stereocenters. The Morgan fingerprint density at radius 3 is 2.41 bits per heavy atom. The van der Waals surface area contributed by atoms with E-state index in [0.29, 0.717) is 41.5 Å². The van der Waals surface area contributed by atoms with Gasteiger partial charge in [0.15, 0.2) is 0 Å². The fourth-order valence-corrected chi connectivity index (χ4v) is 6.23. The highest BCUT2D eigenvalue weighted by molar-refractivity contribution is 6.46. The maximum Gasteiger partial charge on any atom is 0.305 e. The molecule has 2 amide bonds. The molecule has 1 spiro atoms. The molecule has 2 aliphatic carbocycles. The Hall–Kier alpha value is -3.29. The first-order chi connectivity index (χ1) is 18.6. The average molecular weight is 538 g/mol. The van der Waals surface area contributed by atoms with Gasteiger partial charge in [0, 0.05) is 17.7 Å². The van der Waals surface area contributed by atoms with Crippen molar-refractivity contribution in [2.45, 2.75) is 90.3 Å². The molecule has 1 aromatic carbocycles. The predicted octanol–water partition coefficient (Wildman–Crippen LogP) is 5.41. The Morgan fingerprint density at radius 2 is 1.85 bits per heavy atom. The standard InChI is InChI=1S/C31H40FN3O4/c1-4-5-26(22-6-8-24(9-7-22)29(38)33-19-16-27(36)37)35-30(39)28(23-10-12-25(32)13-11-23)34-31(35)17-14-21(15-18-31)20(2)3/h6,8,10-13,20-21,26H,4-5,7,9,14-19H2,1-3H3,(H,33,38)(H,36,37). The van der Waals surface area contributed by atoms with E-state index >= 15 is 0 Å². The zero-order valence-electron chi connectivity index (χ0n) is 23.2. The molecule has 1 atom stereocenters. The van der Waals surface area contributed by atoms with Gasteiger partial charge in [-0.3, -0.25) is 19.4 Å². The Bertz CT molecular complexity index is 1180. The van der Waals surface area contributed by atoms with E-state index in [2.05, 4.69) is 26.1 Å². The molecular weight excluding hydrogens is 497 g/mol. The van der Waals surface area contributed by atoms with Crippen LogP contribution in [0.4, 0.5) is 4.39 Å². The molecule has 210 valence electrons. The van der Waals surface area contributed by atoms with Crippen molar-refractivity contribution in [3.63, 3.8) is 0 Å². The monoisotopic (exact) mass is 537 g/mol. The number of aliphatic carboxylic acids is 1. The Kier molecular flexibility index (Phi) is 9.03. The highest BCUT2D eigenvalue weighted by Gasteiger charge is 2.52. The van der Waals surface area contributed by atoms with E-state index in [1.54, 1.807) is 12.1 Å². The number of rotatable bonds is 10. The van der Waals surface area contributed by atoms with E-state index in [4.69, 9.17) is 10.1 Å². The molecule has 39 heavy (non-hydrogen) atoms. The van der Waals surface area contributed by atoms with Gasteiger partial charge in [-0.1, -0.05) is 39.3 Å². The van der Waals surface area contributed by atoms with E-state index in [9.17, 15) is 18.8 Å². The minimum atomic E-state index is -0.952. The van der Waals surface area contributed by atoms with Gasteiger partial charge >= 0.3 is 5.97 Å². The highest BCUT2D eigenvalue weighted by atomic mass is 19.1. The summed E-state index contributed by atoms with van der Waals surface area (Å²) in [6.45, 7) is 6.70. The normalized spacial score (nSPS) is 23.9. The molecule has 1 saturated carbocycles. The molecule has 1 aliphatic heterocycles. The number of benzene rings is 1. The van der Waals surface area contributed by atoms with E-state index in [1.165, 1.54) is 12.1 Å².